The van der Waals surface area contributed by atoms with E-state index in [2.05, 4.69) is 25.4 Å². The Kier molecular flexibility index (Phi) is 11.2. The lowest BCUT2D eigenvalue weighted by Gasteiger charge is -2.25. The van der Waals surface area contributed by atoms with Crippen molar-refractivity contribution in [3.8, 4) is 11.5 Å². The van der Waals surface area contributed by atoms with Crippen molar-refractivity contribution in [1.82, 2.24) is 24.6 Å². The molecule has 13 nitrogen and oxygen atoms in total. The van der Waals surface area contributed by atoms with Gasteiger partial charge in [-0.1, -0.05) is 57.2 Å². The number of rotatable bonds is 13. The summed E-state index contributed by atoms with van der Waals surface area (Å²) in [7, 11) is -3.74. The van der Waals surface area contributed by atoms with Crippen LogP contribution in [0, 0.1) is 0 Å². The first-order chi connectivity index (χ1) is 21.7. The summed E-state index contributed by atoms with van der Waals surface area (Å²) in [5.41, 5.74) is 1.46. The van der Waals surface area contributed by atoms with Crippen molar-refractivity contribution in [2.75, 3.05) is 11.7 Å². The van der Waals surface area contributed by atoms with Crippen LogP contribution in [0.2, 0.25) is 0 Å². The van der Waals surface area contributed by atoms with Gasteiger partial charge in [-0.3, -0.25) is 14.7 Å². The lowest BCUT2D eigenvalue weighted by molar-refractivity contribution is -0.149. The fourth-order valence-corrected chi connectivity index (χ4v) is 6.27. The Hall–Kier alpha value is -4.32. The second-order valence-electron chi connectivity index (χ2n) is 12.1. The predicted octanol–water partition coefficient (Wildman–Crippen LogP) is 6.30. The number of benzene rings is 2. The molecule has 1 amide bonds. The average molecular weight is 653 g/mol. The number of anilines is 1. The maximum Gasteiger partial charge on any atom is 0.418 e. The lowest BCUT2D eigenvalue weighted by atomic mass is 9.86. The van der Waals surface area contributed by atoms with Crippen LogP contribution in [0.1, 0.15) is 54.0 Å². The molecular formula is C32H41N6O7P. The SMILES string of the molecule is CC(C)OC(=O)[C@@H](C)N[P@](=O)(CO[C@H](C)Cn1cnc2c(NC(=O)Oc3ccccc3C(C)(C)C)ncnc21)Oc1ccccc1. The molecule has 0 radical (unpaired) electrons. The number of imidazole rings is 1. The number of hydrogen-bond acceptors (Lipinski definition) is 10. The molecule has 4 aromatic rings. The monoisotopic (exact) mass is 652 g/mol. The molecule has 2 heterocycles. The second-order valence-corrected chi connectivity index (χ2v) is 14.1. The Morgan fingerprint density at radius 1 is 0.957 bits per heavy atom. The number of esters is 1. The summed E-state index contributed by atoms with van der Waals surface area (Å²) in [5, 5.41) is 5.45. The Balaban J connectivity index is 1.44. The molecule has 3 atom stereocenters. The number of ether oxygens (including phenoxy) is 3. The summed E-state index contributed by atoms with van der Waals surface area (Å²) in [5.74, 6) is 0.430. The standard InChI is InChI=1S/C32H41N6O7P/c1-21(2)43-30(39)23(4)37-46(41,45-24-13-9-8-10-14-24)20-42-22(3)17-38-19-35-27-28(33-18-34-29(27)38)36-31(40)44-26-16-12-11-15-25(26)32(5,6)7/h8-16,18-19,21-23H,17,20H2,1-7H3,(H,37,41)(H,33,34,36,40)/t22-,23-,46+/m1/s1. The maximum atomic E-state index is 13.9. The summed E-state index contributed by atoms with van der Waals surface area (Å²) >= 11 is 0. The molecule has 4 rings (SSSR count). The molecular weight excluding hydrogens is 611 g/mol. The highest BCUT2D eigenvalue weighted by Gasteiger charge is 2.32. The van der Waals surface area contributed by atoms with Gasteiger partial charge < -0.3 is 23.3 Å². The Bertz CT molecular complexity index is 1690. The average Bonchev–Trinajstić information content (AvgIpc) is 3.39. The Morgan fingerprint density at radius 2 is 1.65 bits per heavy atom. The molecule has 0 unspecified atom stereocenters. The van der Waals surface area contributed by atoms with Gasteiger partial charge in [0.15, 0.2) is 17.0 Å². The van der Waals surface area contributed by atoms with Gasteiger partial charge in [-0.2, -0.15) is 0 Å². The number of carbonyl (C=O) groups excluding carboxylic acids is 2. The van der Waals surface area contributed by atoms with E-state index in [-0.39, 0.29) is 30.2 Å². The minimum atomic E-state index is -3.74. The van der Waals surface area contributed by atoms with Crippen LogP contribution in [-0.4, -0.2) is 56.2 Å². The molecule has 0 saturated heterocycles. The van der Waals surface area contributed by atoms with Crippen molar-refractivity contribution < 1.29 is 32.9 Å². The highest BCUT2D eigenvalue weighted by Crippen LogP contribution is 2.44. The van der Waals surface area contributed by atoms with Crippen LogP contribution in [0.5, 0.6) is 11.5 Å². The van der Waals surface area contributed by atoms with Crippen molar-refractivity contribution in [1.29, 1.82) is 0 Å². The van der Waals surface area contributed by atoms with E-state index >= 15 is 0 Å². The number of amides is 1. The van der Waals surface area contributed by atoms with Gasteiger partial charge in [0.2, 0.25) is 0 Å². The van der Waals surface area contributed by atoms with E-state index in [1.165, 1.54) is 6.33 Å². The molecule has 0 saturated carbocycles. The van der Waals surface area contributed by atoms with Gasteiger partial charge in [0.1, 0.15) is 30.2 Å². The first kappa shape index (κ1) is 34.6. The van der Waals surface area contributed by atoms with Crippen molar-refractivity contribution in [2.24, 2.45) is 0 Å². The van der Waals surface area contributed by atoms with Crippen LogP contribution in [0.25, 0.3) is 11.2 Å². The van der Waals surface area contributed by atoms with E-state index in [0.29, 0.717) is 22.7 Å². The summed E-state index contributed by atoms with van der Waals surface area (Å²) in [6.45, 7) is 13.2. The van der Waals surface area contributed by atoms with E-state index in [9.17, 15) is 14.2 Å². The highest BCUT2D eigenvalue weighted by atomic mass is 31.2. The molecule has 2 aromatic heterocycles. The van der Waals surface area contributed by atoms with Gasteiger partial charge in [0.05, 0.1) is 25.1 Å². The summed E-state index contributed by atoms with van der Waals surface area (Å²) in [6.07, 6.45) is 0.994. The minimum Gasteiger partial charge on any atom is -0.462 e. The zero-order valence-electron chi connectivity index (χ0n) is 27.1. The quantitative estimate of drug-likeness (QED) is 0.123. The van der Waals surface area contributed by atoms with E-state index in [1.807, 2.05) is 32.9 Å². The van der Waals surface area contributed by atoms with Crippen LogP contribution < -0.4 is 19.7 Å². The first-order valence-electron chi connectivity index (χ1n) is 14.9. The van der Waals surface area contributed by atoms with Crippen LogP contribution in [-0.2, 0) is 30.8 Å². The number of carbonyl (C=O) groups is 2. The highest BCUT2D eigenvalue weighted by molar-refractivity contribution is 7.57. The molecule has 0 spiro atoms. The number of fused-ring (bicyclic) bond motifs is 1. The van der Waals surface area contributed by atoms with Crippen molar-refractivity contribution in [2.45, 2.75) is 78.7 Å². The van der Waals surface area contributed by atoms with Gasteiger partial charge in [-0.15, -0.1) is 0 Å². The third-order valence-corrected chi connectivity index (χ3v) is 8.37. The number of aromatic nitrogens is 4. The van der Waals surface area contributed by atoms with E-state index < -0.39 is 31.7 Å². The van der Waals surface area contributed by atoms with Crippen molar-refractivity contribution in [3.63, 3.8) is 0 Å². The molecule has 46 heavy (non-hydrogen) atoms. The number of para-hydroxylation sites is 2. The number of nitrogens with zero attached hydrogens (tertiary/aromatic N) is 4. The summed E-state index contributed by atoms with van der Waals surface area (Å²) in [4.78, 5) is 38.2. The molecule has 0 aliphatic heterocycles. The molecule has 2 aromatic carbocycles. The summed E-state index contributed by atoms with van der Waals surface area (Å²) in [6, 6.07) is 15.1. The topological polar surface area (TPSA) is 156 Å². The van der Waals surface area contributed by atoms with E-state index in [1.54, 1.807) is 81.1 Å². The Morgan fingerprint density at radius 3 is 2.35 bits per heavy atom. The molecule has 246 valence electrons. The zero-order chi connectivity index (χ0) is 33.5. The van der Waals surface area contributed by atoms with Crippen molar-refractivity contribution >= 4 is 36.6 Å². The minimum absolute atomic E-state index is 0.183. The fraction of sp³-hybridized carbons (Fsp3) is 0.406. The van der Waals surface area contributed by atoms with Gasteiger partial charge in [-0.25, -0.2) is 24.8 Å². The second kappa shape index (κ2) is 14.8. The molecule has 0 fully saturated rings. The largest absolute Gasteiger partial charge is 0.462 e. The molecule has 2 N–H and O–H groups in total. The molecule has 0 aliphatic rings. The predicted molar refractivity (Wildman–Crippen MR) is 174 cm³/mol. The van der Waals surface area contributed by atoms with Gasteiger partial charge in [-0.05, 0) is 51.3 Å². The summed E-state index contributed by atoms with van der Waals surface area (Å²) < 4.78 is 38.3. The van der Waals surface area contributed by atoms with Crippen LogP contribution in [0.3, 0.4) is 0 Å². The van der Waals surface area contributed by atoms with E-state index in [4.69, 9.17) is 18.7 Å². The van der Waals surface area contributed by atoms with Crippen LogP contribution in [0.4, 0.5) is 10.6 Å². The zero-order valence-corrected chi connectivity index (χ0v) is 28.0. The van der Waals surface area contributed by atoms with Gasteiger partial charge in [0.25, 0.3) is 0 Å². The first-order valence-corrected chi connectivity index (χ1v) is 16.7. The van der Waals surface area contributed by atoms with Gasteiger partial charge in [0, 0.05) is 5.56 Å². The third kappa shape index (κ3) is 9.35. The van der Waals surface area contributed by atoms with E-state index in [0.717, 1.165) is 5.56 Å². The van der Waals surface area contributed by atoms with Crippen molar-refractivity contribution in [3.05, 3.63) is 72.8 Å². The maximum absolute atomic E-state index is 13.9. The number of nitrogens with one attached hydrogen (secondary N) is 2. The van der Waals surface area contributed by atoms with Gasteiger partial charge >= 0.3 is 19.6 Å². The normalized spacial score (nSPS) is 14.3. The molecule has 14 heteroatoms. The smallest absolute Gasteiger partial charge is 0.418 e. The third-order valence-electron chi connectivity index (χ3n) is 6.59. The molecule has 0 aliphatic carbocycles. The fourth-order valence-electron chi connectivity index (χ4n) is 4.48. The molecule has 0 bridgehead atoms. The van der Waals surface area contributed by atoms with Crippen LogP contribution in [0.15, 0.2) is 67.3 Å². The Labute approximate surface area is 268 Å². The lowest BCUT2D eigenvalue weighted by Crippen LogP contribution is -2.37. The van der Waals surface area contributed by atoms with Crippen LogP contribution >= 0.6 is 7.52 Å². The number of hydrogen-bond donors (Lipinski definition) is 2.